The number of nitrogens with zero attached hydrogens (tertiary/aromatic N) is 1. The zero-order valence-electron chi connectivity index (χ0n) is 17.4. The number of hydrogen-bond donors (Lipinski definition) is 1. The molecule has 0 aromatic heterocycles. The molecule has 31 heavy (non-hydrogen) atoms. The van der Waals surface area contributed by atoms with E-state index in [2.05, 4.69) is 12.1 Å². The summed E-state index contributed by atoms with van der Waals surface area (Å²) >= 11 is 6.32. The largest absolute Gasteiger partial charge is 0.478 e. The molecule has 162 valence electrons. The van der Waals surface area contributed by atoms with Crippen LogP contribution in [0.2, 0.25) is 5.02 Å². The van der Waals surface area contributed by atoms with Crippen molar-refractivity contribution >= 4 is 23.5 Å². The van der Waals surface area contributed by atoms with E-state index in [1.54, 1.807) is 12.1 Å². The second-order valence-electron chi connectivity index (χ2n) is 9.07. The van der Waals surface area contributed by atoms with Crippen LogP contribution in [0.25, 0.3) is 11.1 Å². The lowest BCUT2D eigenvalue weighted by atomic mass is 9.88. The van der Waals surface area contributed by atoms with Crippen LogP contribution in [-0.2, 0) is 9.53 Å². The monoisotopic (exact) mass is 439 g/mol. The van der Waals surface area contributed by atoms with Gasteiger partial charge in [0.15, 0.2) is 0 Å². The Labute approximate surface area is 187 Å². The van der Waals surface area contributed by atoms with Crippen LogP contribution >= 0.6 is 11.6 Å². The Hall–Kier alpha value is -2.37. The number of ether oxygens (including phenoxy) is 1. The topological polar surface area (TPSA) is 66.8 Å². The minimum absolute atomic E-state index is 0.175. The Balaban J connectivity index is 1.25. The second kappa shape index (κ2) is 7.95. The van der Waals surface area contributed by atoms with Crippen molar-refractivity contribution in [2.75, 3.05) is 19.7 Å². The number of hydrogen-bond acceptors (Lipinski definition) is 3. The van der Waals surface area contributed by atoms with Gasteiger partial charge in [-0.1, -0.05) is 35.9 Å². The fourth-order valence-corrected chi connectivity index (χ4v) is 5.52. The highest BCUT2D eigenvalue weighted by Crippen LogP contribution is 2.65. The van der Waals surface area contributed by atoms with Crippen molar-refractivity contribution in [1.29, 1.82) is 0 Å². The van der Waals surface area contributed by atoms with Crippen molar-refractivity contribution in [3.05, 3.63) is 58.6 Å². The molecule has 2 saturated heterocycles. The van der Waals surface area contributed by atoms with E-state index in [4.69, 9.17) is 16.3 Å². The number of likely N-dealkylation sites (tertiary alicyclic amines) is 1. The molecule has 1 N–H and O–H groups in total. The molecule has 0 radical (unpaired) electrons. The molecule has 1 aliphatic carbocycles. The van der Waals surface area contributed by atoms with E-state index >= 15 is 0 Å². The van der Waals surface area contributed by atoms with Gasteiger partial charge in [-0.25, -0.2) is 4.79 Å². The number of carbonyl (C=O) groups excluding carboxylic acids is 1. The van der Waals surface area contributed by atoms with Crippen molar-refractivity contribution in [1.82, 2.24) is 4.90 Å². The maximum Gasteiger partial charge on any atom is 0.335 e. The van der Waals surface area contributed by atoms with Gasteiger partial charge in [0.05, 0.1) is 5.56 Å². The summed E-state index contributed by atoms with van der Waals surface area (Å²) in [7, 11) is 0. The standard InChI is InChI=1S/C25H26ClNO4/c26-21-8-7-18(24(29)30)14-19(21)16-3-5-17(6-4-16)20-15-25(20)9-11-27(12-10-25)23(28)22-2-1-13-31-22/h3-8,14,20,22H,1-2,9-13,15H2,(H,29,30)/t20-,22?/m1/s1. The minimum atomic E-state index is -0.959. The summed E-state index contributed by atoms with van der Waals surface area (Å²) < 4.78 is 5.57. The average molecular weight is 440 g/mol. The Kier molecular flexibility index (Phi) is 5.27. The highest BCUT2D eigenvalue weighted by Gasteiger charge is 2.55. The van der Waals surface area contributed by atoms with Crippen LogP contribution in [-0.4, -0.2) is 47.7 Å². The molecule has 2 atom stereocenters. The quantitative estimate of drug-likeness (QED) is 0.729. The number of aromatic carboxylic acids is 1. The zero-order chi connectivity index (χ0) is 21.6. The van der Waals surface area contributed by atoms with Crippen LogP contribution in [0.15, 0.2) is 42.5 Å². The third-order valence-electron chi connectivity index (χ3n) is 7.30. The smallest absolute Gasteiger partial charge is 0.335 e. The van der Waals surface area contributed by atoms with Crippen LogP contribution in [0.3, 0.4) is 0 Å². The van der Waals surface area contributed by atoms with Gasteiger partial charge < -0.3 is 14.7 Å². The SMILES string of the molecule is O=C(O)c1ccc(Cl)c(-c2ccc([C@H]3CC34CCN(C(=O)C3CCCO3)CC4)cc2)c1. The molecule has 2 aliphatic heterocycles. The van der Waals surface area contributed by atoms with Crippen LogP contribution in [0, 0.1) is 5.41 Å². The second-order valence-corrected chi connectivity index (χ2v) is 9.48. The first-order chi connectivity index (χ1) is 15.0. The number of carboxylic acids is 1. The van der Waals surface area contributed by atoms with Crippen molar-refractivity contribution < 1.29 is 19.4 Å². The number of benzene rings is 2. The van der Waals surface area contributed by atoms with Crippen molar-refractivity contribution in [3.63, 3.8) is 0 Å². The van der Waals surface area contributed by atoms with E-state index in [-0.39, 0.29) is 17.6 Å². The van der Waals surface area contributed by atoms with Crippen molar-refractivity contribution in [2.24, 2.45) is 5.41 Å². The third-order valence-corrected chi connectivity index (χ3v) is 7.63. The van der Waals surface area contributed by atoms with E-state index in [0.717, 1.165) is 49.9 Å². The summed E-state index contributed by atoms with van der Waals surface area (Å²) in [5.74, 6) is -0.254. The lowest BCUT2D eigenvalue weighted by Crippen LogP contribution is -2.44. The van der Waals surface area contributed by atoms with Gasteiger partial charge in [0.25, 0.3) is 5.91 Å². The summed E-state index contributed by atoms with van der Waals surface area (Å²) in [6, 6.07) is 13.1. The highest BCUT2D eigenvalue weighted by molar-refractivity contribution is 6.33. The molecule has 3 aliphatic rings. The van der Waals surface area contributed by atoms with E-state index in [1.165, 1.54) is 18.1 Å². The van der Waals surface area contributed by atoms with Gasteiger partial charge in [-0.2, -0.15) is 0 Å². The van der Waals surface area contributed by atoms with E-state index < -0.39 is 5.97 Å². The average Bonchev–Trinajstić information content (AvgIpc) is 3.21. The molecule has 1 amide bonds. The van der Waals surface area contributed by atoms with E-state index in [0.29, 0.717) is 23.0 Å². The zero-order valence-corrected chi connectivity index (χ0v) is 18.1. The van der Waals surface area contributed by atoms with E-state index in [1.807, 2.05) is 17.0 Å². The molecule has 2 heterocycles. The van der Waals surface area contributed by atoms with Gasteiger partial charge in [0.2, 0.25) is 0 Å². The van der Waals surface area contributed by atoms with Crippen molar-refractivity contribution in [2.45, 2.75) is 44.1 Å². The lowest BCUT2D eigenvalue weighted by Gasteiger charge is -2.34. The number of rotatable bonds is 4. The van der Waals surface area contributed by atoms with Gasteiger partial charge in [0, 0.05) is 30.3 Å². The van der Waals surface area contributed by atoms with Gasteiger partial charge in [-0.15, -0.1) is 0 Å². The first kappa shape index (κ1) is 20.5. The summed E-state index contributed by atoms with van der Waals surface area (Å²) in [4.78, 5) is 25.9. The molecular weight excluding hydrogens is 414 g/mol. The molecule has 1 saturated carbocycles. The first-order valence-electron chi connectivity index (χ1n) is 11.0. The number of halogens is 1. The molecule has 2 aromatic carbocycles. The molecule has 6 heteroatoms. The third kappa shape index (κ3) is 3.85. The first-order valence-corrected chi connectivity index (χ1v) is 11.4. The number of carboxylic acid groups (broad SMARTS) is 1. The predicted molar refractivity (Wildman–Crippen MR) is 118 cm³/mol. The Bertz CT molecular complexity index is 1000. The maximum absolute atomic E-state index is 12.6. The van der Waals surface area contributed by atoms with Crippen LogP contribution in [0.4, 0.5) is 0 Å². The molecule has 3 fully saturated rings. The summed E-state index contributed by atoms with van der Waals surface area (Å²) in [5, 5.41) is 9.80. The Morgan fingerprint density at radius 1 is 1.10 bits per heavy atom. The van der Waals surface area contributed by atoms with Crippen LogP contribution < -0.4 is 0 Å². The van der Waals surface area contributed by atoms with Crippen LogP contribution in [0.5, 0.6) is 0 Å². The molecule has 2 aromatic rings. The van der Waals surface area contributed by atoms with Crippen molar-refractivity contribution in [3.8, 4) is 11.1 Å². The fraction of sp³-hybridized carbons (Fsp3) is 0.440. The fourth-order valence-electron chi connectivity index (χ4n) is 5.29. The highest BCUT2D eigenvalue weighted by atomic mass is 35.5. The number of piperidine rings is 1. The molecule has 1 spiro atoms. The molecule has 5 nitrogen and oxygen atoms in total. The van der Waals surface area contributed by atoms with Crippen LogP contribution in [0.1, 0.15) is 53.9 Å². The maximum atomic E-state index is 12.6. The molecular formula is C25H26ClNO4. The predicted octanol–water partition coefficient (Wildman–Crippen LogP) is 4.98. The summed E-state index contributed by atoms with van der Waals surface area (Å²) in [5.41, 5.74) is 3.51. The molecule has 1 unspecified atom stereocenters. The Morgan fingerprint density at radius 2 is 1.84 bits per heavy atom. The molecule has 5 rings (SSSR count). The van der Waals surface area contributed by atoms with Gasteiger partial charge in [0.1, 0.15) is 6.10 Å². The summed E-state index contributed by atoms with van der Waals surface area (Å²) in [6.45, 7) is 2.35. The van der Waals surface area contributed by atoms with Gasteiger partial charge in [-0.05, 0) is 72.8 Å². The summed E-state index contributed by atoms with van der Waals surface area (Å²) in [6.07, 6.45) is 4.88. The number of amides is 1. The van der Waals surface area contributed by atoms with E-state index in [9.17, 15) is 14.7 Å². The lowest BCUT2D eigenvalue weighted by molar-refractivity contribution is -0.142. The Morgan fingerprint density at radius 3 is 2.48 bits per heavy atom. The molecule has 0 bridgehead atoms. The normalized spacial score (nSPS) is 24.4. The minimum Gasteiger partial charge on any atom is -0.478 e. The van der Waals surface area contributed by atoms with Gasteiger partial charge >= 0.3 is 5.97 Å². The number of carbonyl (C=O) groups is 2. The van der Waals surface area contributed by atoms with Gasteiger partial charge in [-0.3, -0.25) is 4.79 Å².